The molecule has 0 spiro atoms. The lowest BCUT2D eigenvalue weighted by molar-refractivity contribution is -0.128. The Bertz CT molecular complexity index is 358. The number of carbonyl (C=O) groups is 2. The highest BCUT2D eigenvalue weighted by molar-refractivity contribution is 5.87. The molecule has 2 aliphatic heterocycles. The normalized spacial score (nSPS) is 24.0. The van der Waals surface area contributed by atoms with Gasteiger partial charge in [0.2, 0.25) is 11.8 Å². The summed E-state index contributed by atoms with van der Waals surface area (Å²) >= 11 is 0. The minimum absolute atomic E-state index is 0.0432. The molecule has 2 aliphatic rings. The minimum atomic E-state index is -0.128. The molecule has 7 heteroatoms. The number of rotatable bonds is 6. The fourth-order valence-corrected chi connectivity index (χ4v) is 2.77. The first-order chi connectivity index (χ1) is 10.2. The van der Waals surface area contributed by atoms with Crippen molar-refractivity contribution in [3.8, 4) is 0 Å². The van der Waals surface area contributed by atoms with Crippen molar-refractivity contribution in [2.24, 2.45) is 0 Å². The van der Waals surface area contributed by atoms with Gasteiger partial charge in [0, 0.05) is 26.2 Å². The van der Waals surface area contributed by atoms with Gasteiger partial charge in [-0.25, -0.2) is 0 Å². The predicted molar refractivity (Wildman–Crippen MR) is 78.9 cm³/mol. The third-order valence-corrected chi connectivity index (χ3v) is 4.10. The summed E-state index contributed by atoms with van der Waals surface area (Å²) in [4.78, 5) is 27.9. The lowest BCUT2D eigenvalue weighted by Gasteiger charge is -2.26. The van der Waals surface area contributed by atoms with Crippen LogP contribution in [0.4, 0.5) is 0 Å². The second-order valence-electron chi connectivity index (χ2n) is 5.66. The minimum Gasteiger partial charge on any atom is -0.379 e. The Morgan fingerprint density at radius 1 is 1.19 bits per heavy atom. The van der Waals surface area contributed by atoms with E-state index in [9.17, 15) is 9.59 Å². The van der Waals surface area contributed by atoms with E-state index in [0.29, 0.717) is 6.54 Å². The van der Waals surface area contributed by atoms with Crippen LogP contribution in [0.15, 0.2) is 0 Å². The zero-order valence-corrected chi connectivity index (χ0v) is 12.8. The molecule has 2 fully saturated rings. The summed E-state index contributed by atoms with van der Waals surface area (Å²) in [5.74, 6) is -0.171. The maximum Gasteiger partial charge on any atom is 0.239 e. The standard InChI is InChI=1S/C14H26N4O3/c1-17-5-2-3-12(17)14(20)16-11-13(19)15-4-6-18-7-9-21-10-8-18/h12H,2-11H2,1H3,(H,15,19)(H,16,20). The second kappa shape index (κ2) is 8.31. The summed E-state index contributed by atoms with van der Waals surface area (Å²) in [5.41, 5.74) is 0. The predicted octanol–water partition coefficient (Wildman–Crippen LogP) is -1.35. The van der Waals surface area contributed by atoms with Crippen molar-refractivity contribution in [2.75, 3.05) is 59.5 Å². The van der Waals surface area contributed by atoms with Crippen molar-refractivity contribution in [3.63, 3.8) is 0 Å². The second-order valence-corrected chi connectivity index (χ2v) is 5.66. The Balaban J connectivity index is 1.55. The number of morpholine rings is 1. The molecule has 120 valence electrons. The molecule has 1 unspecified atom stereocenters. The van der Waals surface area contributed by atoms with Gasteiger partial charge in [0.1, 0.15) is 0 Å². The third kappa shape index (κ3) is 5.26. The number of carbonyl (C=O) groups excluding carboxylic acids is 2. The van der Waals surface area contributed by atoms with Crippen LogP contribution < -0.4 is 10.6 Å². The smallest absolute Gasteiger partial charge is 0.239 e. The fourth-order valence-electron chi connectivity index (χ4n) is 2.77. The molecule has 0 aliphatic carbocycles. The highest BCUT2D eigenvalue weighted by Gasteiger charge is 2.27. The molecule has 0 aromatic carbocycles. The van der Waals surface area contributed by atoms with Crippen molar-refractivity contribution in [3.05, 3.63) is 0 Å². The van der Waals surface area contributed by atoms with Gasteiger partial charge in [-0.2, -0.15) is 0 Å². The van der Waals surface area contributed by atoms with Crippen LogP contribution in [0.3, 0.4) is 0 Å². The Hall–Kier alpha value is -1.18. The van der Waals surface area contributed by atoms with E-state index in [2.05, 4.69) is 15.5 Å². The molecule has 0 radical (unpaired) electrons. The van der Waals surface area contributed by atoms with Crippen LogP contribution in [0, 0.1) is 0 Å². The van der Waals surface area contributed by atoms with Crippen LogP contribution in [-0.2, 0) is 14.3 Å². The number of likely N-dealkylation sites (N-methyl/N-ethyl adjacent to an activating group) is 1. The van der Waals surface area contributed by atoms with Gasteiger partial charge in [-0.15, -0.1) is 0 Å². The van der Waals surface area contributed by atoms with Gasteiger partial charge in [-0.1, -0.05) is 0 Å². The SMILES string of the molecule is CN1CCCC1C(=O)NCC(=O)NCCN1CCOCC1. The summed E-state index contributed by atoms with van der Waals surface area (Å²) in [6, 6.07) is -0.0776. The van der Waals surface area contributed by atoms with E-state index >= 15 is 0 Å². The third-order valence-electron chi connectivity index (χ3n) is 4.10. The van der Waals surface area contributed by atoms with Gasteiger partial charge in [-0.3, -0.25) is 19.4 Å². The van der Waals surface area contributed by atoms with E-state index < -0.39 is 0 Å². The van der Waals surface area contributed by atoms with Crippen molar-refractivity contribution in [2.45, 2.75) is 18.9 Å². The van der Waals surface area contributed by atoms with E-state index in [1.54, 1.807) is 0 Å². The molecule has 2 heterocycles. The number of nitrogens with one attached hydrogen (secondary N) is 2. The quantitative estimate of drug-likeness (QED) is 0.634. The van der Waals surface area contributed by atoms with Gasteiger partial charge >= 0.3 is 0 Å². The Labute approximate surface area is 126 Å². The largest absolute Gasteiger partial charge is 0.379 e. The first-order valence-corrected chi connectivity index (χ1v) is 7.71. The zero-order valence-electron chi connectivity index (χ0n) is 12.8. The Morgan fingerprint density at radius 3 is 2.62 bits per heavy atom. The highest BCUT2D eigenvalue weighted by atomic mass is 16.5. The maximum absolute atomic E-state index is 11.9. The molecule has 2 amide bonds. The summed E-state index contributed by atoms with van der Waals surface area (Å²) in [7, 11) is 1.94. The molecule has 7 nitrogen and oxygen atoms in total. The molecule has 21 heavy (non-hydrogen) atoms. The van der Waals surface area contributed by atoms with E-state index in [1.807, 2.05) is 11.9 Å². The van der Waals surface area contributed by atoms with Gasteiger partial charge < -0.3 is 15.4 Å². The van der Waals surface area contributed by atoms with Gasteiger partial charge in [0.05, 0.1) is 25.8 Å². The van der Waals surface area contributed by atoms with E-state index in [0.717, 1.165) is 52.2 Å². The monoisotopic (exact) mass is 298 g/mol. The lowest BCUT2D eigenvalue weighted by Crippen LogP contribution is -2.46. The fraction of sp³-hybridized carbons (Fsp3) is 0.857. The first-order valence-electron chi connectivity index (χ1n) is 7.71. The number of likely N-dealkylation sites (tertiary alicyclic amines) is 1. The zero-order chi connectivity index (χ0) is 15.1. The molecule has 0 bridgehead atoms. The summed E-state index contributed by atoms with van der Waals surface area (Å²) in [6.45, 7) is 5.81. The van der Waals surface area contributed by atoms with E-state index in [4.69, 9.17) is 4.74 Å². The van der Waals surface area contributed by atoms with Crippen molar-refractivity contribution < 1.29 is 14.3 Å². The molecule has 0 saturated carbocycles. The molecule has 1 atom stereocenters. The molecule has 2 rings (SSSR count). The molecular weight excluding hydrogens is 272 g/mol. The van der Waals surface area contributed by atoms with Gasteiger partial charge in [-0.05, 0) is 26.4 Å². The average Bonchev–Trinajstić information content (AvgIpc) is 2.92. The first kappa shape index (κ1) is 16.2. The van der Waals surface area contributed by atoms with Crippen LogP contribution in [0.5, 0.6) is 0 Å². The van der Waals surface area contributed by atoms with Crippen LogP contribution in [-0.4, -0.2) is 87.2 Å². The lowest BCUT2D eigenvalue weighted by atomic mass is 10.2. The number of nitrogens with zero attached hydrogens (tertiary/aromatic N) is 2. The van der Waals surface area contributed by atoms with Crippen molar-refractivity contribution in [1.82, 2.24) is 20.4 Å². The number of hydrogen-bond donors (Lipinski definition) is 2. The van der Waals surface area contributed by atoms with Crippen LogP contribution in [0.1, 0.15) is 12.8 Å². The topological polar surface area (TPSA) is 73.9 Å². The average molecular weight is 298 g/mol. The summed E-state index contributed by atoms with van der Waals surface area (Å²) < 4.78 is 5.27. The highest BCUT2D eigenvalue weighted by Crippen LogP contribution is 2.14. The van der Waals surface area contributed by atoms with Crippen molar-refractivity contribution >= 4 is 11.8 Å². The van der Waals surface area contributed by atoms with Crippen LogP contribution >= 0.6 is 0 Å². The number of ether oxygens (including phenoxy) is 1. The van der Waals surface area contributed by atoms with E-state index in [-0.39, 0.29) is 24.4 Å². The van der Waals surface area contributed by atoms with E-state index in [1.165, 1.54) is 0 Å². The van der Waals surface area contributed by atoms with Crippen LogP contribution in [0.2, 0.25) is 0 Å². The number of amides is 2. The Kier molecular flexibility index (Phi) is 6.41. The Morgan fingerprint density at radius 2 is 1.95 bits per heavy atom. The summed E-state index contributed by atoms with van der Waals surface area (Å²) in [6.07, 6.45) is 1.92. The van der Waals surface area contributed by atoms with Gasteiger partial charge in [0.15, 0.2) is 0 Å². The van der Waals surface area contributed by atoms with Crippen LogP contribution in [0.25, 0.3) is 0 Å². The van der Waals surface area contributed by atoms with Gasteiger partial charge in [0.25, 0.3) is 0 Å². The molecule has 0 aromatic rings. The molecular formula is C14H26N4O3. The molecule has 0 aromatic heterocycles. The maximum atomic E-state index is 11.9. The number of hydrogen-bond acceptors (Lipinski definition) is 5. The molecule has 2 saturated heterocycles. The molecule has 2 N–H and O–H groups in total. The summed E-state index contributed by atoms with van der Waals surface area (Å²) in [5, 5.41) is 5.55. The van der Waals surface area contributed by atoms with Crippen molar-refractivity contribution in [1.29, 1.82) is 0 Å².